The molecule has 5 aromatic carbocycles. The Balaban J connectivity index is 1.23. The van der Waals surface area contributed by atoms with Crippen molar-refractivity contribution in [3.8, 4) is 39.9 Å². The Morgan fingerprint density at radius 2 is 0.932 bits per heavy atom. The van der Waals surface area contributed by atoms with Crippen molar-refractivity contribution in [3.63, 3.8) is 0 Å². The minimum absolute atomic E-state index is 0.0653. The molecule has 0 saturated carbocycles. The average Bonchev–Trinajstić information content (AvgIpc) is 3.02. The SMILES string of the molecule is O=C1c2cc(O)cc(c2-c2ccc(Oc3ccc([N+](=O)[O-])cc3)cc2)C(=O)N1c1ccc(Oc2ccc([N+](=O)[O-])cc2)cc1. The molecule has 5 aromatic rings. The summed E-state index contributed by atoms with van der Waals surface area (Å²) in [5.74, 6) is 0.0648. The Hall–Kier alpha value is -6.56. The number of anilines is 1. The highest BCUT2D eigenvalue weighted by molar-refractivity contribution is 6.33. The van der Waals surface area contributed by atoms with Crippen LogP contribution in [0.15, 0.2) is 109 Å². The van der Waals surface area contributed by atoms with Gasteiger partial charge >= 0.3 is 0 Å². The molecule has 12 nitrogen and oxygen atoms in total. The number of phenols is 1. The van der Waals surface area contributed by atoms with Crippen LogP contribution in [0.25, 0.3) is 11.1 Å². The third-order valence-electron chi connectivity index (χ3n) is 6.79. The van der Waals surface area contributed by atoms with Gasteiger partial charge in [-0.2, -0.15) is 0 Å². The molecular formula is C32H19N3O9. The molecule has 0 aliphatic carbocycles. The first kappa shape index (κ1) is 27.6. The number of amides is 2. The van der Waals surface area contributed by atoms with Crippen LogP contribution in [0, 0.1) is 20.2 Å². The molecular weight excluding hydrogens is 570 g/mol. The number of imide groups is 1. The van der Waals surface area contributed by atoms with Gasteiger partial charge in [0, 0.05) is 29.8 Å². The molecule has 216 valence electrons. The van der Waals surface area contributed by atoms with E-state index in [-0.39, 0.29) is 33.9 Å². The lowest BCUT2D eigenvalue weighted by atomic mass is 9.89. The molecule has 0 saturated heterocycles. The largest absolute Gasteiger partial charge is 0.508 e. The Morgan fingerprint density at radius 1 is 0.568 bits per heavy atom. The van der Waals surface area contributed by atoms with Crippen molar-refractivity contribution in [2.45, 2.75) is 0 Å². The smallest absolute Gasteiger partial charge is 0.269 e. The van der Waals surface area contributed by atoms with Crippen LogP contribution in [-0.4, -0.2) is 26.8 Å². The van der Waals surface area contributed by atoms with Gasteiger partial charge in [-0.25, -0.2) is 4.90 Å². The number of benzene rings is 5. The molecule has 0 fully saturated rings. The number of fused-ring (bicyclic) bond motifs is 2. The number of carbonyl (C=O) groups excluding carboxylic acids is 2. The number of nitro benzene ring substituents is 2. The zero-order chi connectivity index (χ0) is 31.0. The van der Waals surface area contributed by atoms with Gasteiger partial charge in [-0.15, -0.1) is 0 Å². The molecule has 2 amide bonds. The lowest BCUT2D eigenvalue weighted by molar-refractivity contribution is -0.385. The maximum atomic E-state index is 13.6. The van der Waals surface area contributed by atoms with E-state index in [0.29, 0.717) is 34.1 Å². The van der Waals surface area contributed by atoms with Gasteiger partial charge in [0.05, 0.1) is 26.7 Å². The molecule has 0 unspecified atom stereocenters. The van der Waals surface area contributed by atoms with Crippen LogP contribution in [0.4, 0.5) is 17.1 Å². The molecule has 2 bridgehead atoms. The highest BCUT2D eigenvalue weighted by Crippen LogP contribution is 2.40. The van der Waals surface area contributed by atoms with E-state index in [1.807, 2.05) is 0 Å². The van der Waals surface area contributed by atoms with Crippen LogP contribution in [0.1, 0.15) is 20.7 Å². The fraction of sp³-hybridized carbons (Fsp3) is 0. The molecule has 0 spiro atoms. The Morgan fingerprint density at radius 3 is 1.32 bits per heavy atom. The topological polar surface area (TPSA) is 162 Å². The second-order valence-corrected chi connectivity index (χ2v) is 9.59. The van der Waals surface area contributed by atoms with E-state index in [4.69, 9.17) is 9.47 Å². The second kappa shape index (κ2) is 11.0. The third kappa shape index (κ3) is 5.25. The minimum Gasteiger partial charge on any atom is -0.508 e. The van der Waals surface area contributed by atoms with Crippen molar-refractivity contribution >= 4 is 28.9 Å². The fourth-order valence-electron chi connectivity index (χ4n) is 4.74. The average molecular weight is 590 g/mol. The summed E-state index contributed by atoms with van der Waals surface area (Å²) < 4.78 is 11.5. The van der Waals surface area contributed by atoms with Gasteiger partial charge in [-0.3, -0.25) is 29.8 Å². The number of phenolic OH excluding ortho intramolecular Hbond substituents is 1. The van der Waals surface area contributed by atoms with E-state index in [0.717, 1.165) is 4.90 Å². The first-order chi connectivity index (χ1) is 21.2. The molecule has 1 aliphatic rings. The fourth-order valence-corrected chi connectivity index (χ4v) is 4.74. The number of hydrogen-bond acceptors (Lipinski definition) is 9. The molecule has 0 atom stereocenters. The number of aromatic hydroxyl groups is 1. The lowest BCUT2D eigenvalue weighted by Crippen LogP contribution is -2.41. The van der Waals surface area contributed by atoms with Crippen LogP contribution in [-0.2, 0) is 0 Å². The highest BCUT2D eigenvalue weighted by Gasteiger charge is 2.36. The predicted molar refractivity (Wildman–Crippen MR) is 157 cm³/mol. The van der Waals surface area contributed by atoms with E-state index in [1.54, 1.807) is 36.4 Å². The number of nitrogens with zero attached hydrogens (tertiary/aromatic N) is 3. The van der Waals surface area contributed by atoms with Crippen LogP contribution < -0.4 is 14.4 Å². The number of nitro groups is 2. The molecule has 44 heavy (non-hydrogen) atoms. The standard InChI is InChI=1S/C32H19N3O9/c36-23-17-28-30(19-1-9-24(10-2-19)43-26-13-5-21(6-14-26)34(39)40)29(18-23)32(38)33(31(28)37)20-3-11-25(12-4-20)44-27-15-7-22(8-16-27)35(41)42/h1-18,36H. The number of hydrogen-bond donors (Lipinski definition) is 1. The Labute approximate surface area is 248 Å². The summed E-state index contributed by atoms with van der Waals surface area (Å²) in [5.41, 5.74) is 1.28. The molecule has 6 rings (SSSR count). The first-order valence-corrected chi connectivity index (χ1v) is 13.0. The maximum absolute atomic E-state index is 13.6. The maximum Gasteiger partial charge on any atom is 0.269 e. The number of non-ortho nitro benzene ring substituents is 2. The van der Waals surface area contributed by atoms with Gasteiger partial charge in [0.15, 0.2) is 0 Å². The van der Waals surface area contributed by atoms with Crippen LogP contribution in [0.2, 0.25) is 0 Å². The number of ether oxygens (including phenoxy) is 2. The summed E-state index contributed by atoms with van der Waals surface area (Å²) in [4.78, 5) is 49.0. The summed E-state index contributed by atoms with van der Waals surface area (Å²) in [6.45, 7) is 0. The van der Waals surface area contributed by atoms with E-state index in [9.17, 15) is 34.9 Å². The van der Waals surface area contributed by atoms with Crippen molar-refractivity contribution in [2.75, 3.05) is 4.90 Å². The normalized spacial score (nSPS) is 12.1. The van der Waals surface area contributed by atoms with Gasteiger partial charge in [0.1, 0.15) is 28.7 Å². The summed E-state index contributed by atoms with van der Waals surface area (Å²) in [6.07, 6.45) is 0. The van der Waals surface area contributed by atoms with E-state index >= 15 is 0 Å². The van der Waals surface area contributed by atoms with Crippen molar-refractivity contribution in [2.24, 2.45) is 0 Å². The summed E-state index contributed by atoms with van der Waals surface area (Å²) >= 11 is 0. The molecule has 1 aliphatic heterocycles. The number of carbonyl (C=O) groups is 2. The molecule has 0 aromatic heterocycles. The first-order valence-electron chi connectivity index (χ1n) is 13.0. The second-order valence-electron chi connectivity index (χ2n) is 9.59. The molecule has 1 heterocycles. The van der Waals surface area contributed by atoms with Crippen LogP contribution >= 0.6 is 0 Å². The molecule has 0 radical (unpaired) electrons. The summed E-state index contributed by atoms with van der Waals surface area (Å²) in [5, 5.41) is 32.0. The van der Waals surface area contributed by atoms with Crippen molar-refractivity contribution < 1.29 is 34.0 Å². The highest BCUT2D eigenvalue weighted by atomic mass is 16.6. The summed E-state index contributed by atoms with van der Waals surface area (Å²) in [7, 11) is 0. The monoisotopic (exact) mass is 589 g/mol. The Kier molecular flexibility index (Phi) is 6.91. The van der Waals surface area contributed by atoms with Crippen LogP contribution in [0.5, 0.6) is 28.7 Å². The Bertz CT molecular complexity index is 1900. The van der Waals surface area contributed by atoms with Crippen molar-refractivity contribution in [1.82, 2.24) is 0 Å². The van der Waals surface area contributed by atoms with Gasteiger partial charge in [-0.05, 0) is 78.4 Å². The van der Waals surface area contributed by atoms with Crippen molar-refractivity contribution in [1.29, 1.82) is 0 Å². The van der Waals surface area contributed by atoms with Crippen LogP contribution in [0.3, 0.4) is 0 Å². The zero-order valence-electron chi connectivity index (χ0n) is 22.4. The van der Waals surface area contributed by atoms with E-state index < -0.39 is 21.7 Å². The van der Waals surface area contributed by atoms with Gasteiger partial charge in [0.2, 0.25) is 0 Å². The predicted octanol–water partition coefficient (Wildman–Crippen LogP) is 7.26. The van der Waals surface area contributed by atoms with E-state index in [1.165, 1.54) is 72.8 Å². The third-order valence-corrected chi connectivity index (χ3v) is 6.79. The van der Waals surface area contributed by atoms with Crippen molar-refractivity contribution in [3.05, 3.63) is 141 Å². The quantitative estimate of drug-likeness (QED) is 0.111. The minimum atomic E-state index is -0.636. The molecule has 1 N–H and O–H groups in total. The summed E-state index contributed by atoms with van der Waals surface area (Å²) in [6, 6.07) is 26.5. The zero-order valence-corrected chi connectivity index (χ0v) is 22.4. The lowest BCUT2D eigenvalue weighted by Gasteiger charge is -2.29. The van der Waals surface area contributed by atoms with Gasteiger partial charge < -0.3 is 14.6 Å². The van der Waals surface area contributed by atoms with E-state index in [2.05, 4.69) is 0 Å². The van der Waals surface area contributed by atoms with Gasteiger partial charge in [0.25, 0.3) is 23.2 Å². The number of rotatable bonds is 8. The molecule has 12 heteroatoms. The van der Waals surface area contributed by atoms with Gasteiger partial charge in [-0.1, -0.05) is 12.1 Å².